The van der Waals surface area contributed by atoms with Crippen LogP contribution in [0, 0.1) is 27.7 Å². The predicted octanol–water partition coefficient (Wildman–Crippen LogP) is 7.20. The molecule has 0 bridgehead atoms. The average molecular weight is 325 g/mol. The second kappa shape index (κ2) is 7.55. The first-order valence-electron chi connectivity index (χ1n) is 8.96. The Hall–Kier alpha value is -1.56. The van der Waals surface area contributed by atoms with Crippen molar-refractivity contribution in [2.45, 2.75) is 80.1 Å². The minimum atomic E-state index is 0.275. The molecule has 132 valence electrons. The Morgan fingerprint density at radius 3 is 0.792 bits per heavy atom. The Labute approximate surface area is 150 Å². The maximum absolute atomic E-state index is 2.27. The van der Waals surface area contributed by atoms with Crippen molar-refractivity contribution in [2.24, 2.45) is 0 Å². The van der Waals surface area contributed by atoms with Gasteiger partial charge in [-0.05, 0) is 49.7 Å². The van der Waals surface area contributed by atoms with Crippen LogP contribution in [0.15, 0.2) is 36.4 Å². The molecule has 0 fully saturated rings. The summed E-state index contributed by atoms with van der Waals surface area (Å²) in [6.07, 6.45) is 0. The Bertz CT molecular complexity index is 574. The summed E-state index contributed by atoms with van der Waals surface area (Å²) in [6, 6.07) is 13.5. The minimum absolute atomic E-state index is 0.275. The van der Waals surface area contributed by atoms with Gasteiger partial charge < -0.3 is 0 Å². The highest BCUT2D eigenvalue weighted by molar-refractivity contribution is 5.33. The van der Waals surface area contributed by atoms with Crippen LogP contribution in [-0.4, -0.2) is 0 Å². The first-order valence-corrected chi connectivity index (χ1v) is 8.96. The van der Waals surface area contributed by atoms with Crippen LogP contribution >= 0.6 is 0 Å². The van der Waals surface area contributed by atoms with Gasteiger partial charge in [0, 0.05) is 0 Å². The fourth-order valence-corrected chi connectivity index (χ4v) is 2.82. The van der Waals surface area contributed by atoms with Crippen LogP contribution in [0.1, 0.15) is 74.9 Å². The first-order chi connectivity index (χ1) is 10.8. The van der Waals surface area contributed by atoms with Crippen molar-refractivity contribution in [2.75, 3.05) is 0 Å². The molecule has 0 unspecified atom stereocenters. The molecule has 0 radical (unpaired) electrons. The summed E-state index contributed by atoms with van der Waals surface area (Å²) in [7, 11) is 0. The van der Waals surface area contributed by atoms with Crippen LogP contribution in [0.3, 0.4) is 0 Å². The zero-order chi connectivity index (χ0) is 18.7. The molecule has 0 nitrogen and oxygen atoms in total. The van der Waals surface area contributed by atoms with Gasteiger partial charge in [-0.15, -0.1) is 0 Å². The van der Waals surface area contributed by atoms with Gasteiger partial charge in [0.15, 0.2) is 0 Å². The van der Waals surface area contributed by atoms with Crippen molar-refractivity contribution in [3.05, 3.63) is 69.8 Å². The summed E-state index contributed by atoms with van der Waals surface area (Å²) in [4.78, 5) is 0. The van der Waals surface area contributed by atoms with Gasteiger partial charge in [-0.1, -0.05) is 100 Å². The van der Waals surface area contributed by atoms with E-state index < -0.39 is 0 Å². The van der Waals surface area contributed by atoms with E-state index in [1.807, 2.05) is 0 Å². The topological polar surface area (TPSA) is 0 Å². The van der Waals surface area contributed by atoms with Crippen molar-refractivity contribution < 1.29 is 0 Å². The van der Waals surface area contributed by atoms with Crippen LogP contribution < -0.4 is 0 Å². The molecule has 2 aromatic rings. The summed E-state index contributed by atoms with van der Waals surface area (Å²) >= 11 is 0. The van der Waals surface area contributed by atoms with Gasteiger partial charge in [0.25, 0.3) is 0 Å². The Kier molecular flexibility index (Phi) is 6.45. The number of rotatable bonds is 0. The molecule has 0 amide bonds. The van der Waals surface area contributed by atoms with Crippen molar-refractivity contribution in [1.82, 2.24) is 0 Å². The molecular weight excluding hydrogens is 288 g/mol. The van der Waals surface area contributed by atoms with Gasteiger partial charge in [-0.2, -0.15) is 0 Å². The van der Waals surface area contributed by atoms with E-state index in [1.54, 1.807) is 0 Å². The molecule has 0 aliphatic rings. The predicted molar refractivity (Wildman–Crippen MR) is 109 cm³/mol. The fraction of sp³-hybridized carbons (Fsp3) is 0.500. The summed E-state index contributed by atoms with van der Waals surface area (Å²) in [6.45, 7) is 22.1. The first kappa shape index (κ1) is 20.5. The third-order valence-electron chi connectivity index (χ3n) is 4.18. The number of hydrogen-bond acceptors (Lipinski definition) is 0. The Balaban J connectivity index is 0.000000240. The number of benzene rings is 2. The highest BCUT2D eigenvalue weighted by Gasteiger charge is 2.14. The molecule has 0 saturated heterocycles. The van der Waals surface area contributed by atoms with Crippen LogP contribution in [-0.2, 0) is 10.8 Å². The van der Waals surface area contributed by atoms with Gasteiger partial charge in [0.2, 0.25) is 0 Å². The quantitative estimate of drug-likeness (QED) is 0.480. The monoisotopic (exact) mass is 324 g/mol. The molecule has 0 spiro atoms. The standard InChI is InChI=1S/2C12H18/c2*1-9-6-10(2)8-11(7-9)12(3,4)5/h2*6-8H,1-5H3. The molecule has 0 atom stereocenters. The maximum Gasteiger partial charge on any atom is -0.0132 e. The van der Waals surface area contributed by atoms with Crippen LogP contribution in [0.4, 0.5) is 0 Å². The summed E-state index contributed by atoms with van der Waals surface area (Å²) in [5.74, 6) is 0. The van der Waals surface area contributed by atoms with E-state index in [9.17, 15) is 0 Å². The van der Waals surface area contributed by atoms with E-state index in [0.717, 1.165) is 0 Å². The van der Waals surface area contributed by atoms with Crippen LogP contribution in [0.25, 0.3) is 0 Å². The molecular formula is C24H36. The number of aryl methyl sites for hydroxylation is 4. The Morgan fingerprint density at radius 2 is 0.625 bits per heavy atom. The second-order valence-electron chi connectivity index (χ2n) is 9.25. The Morgan fingerprint density at radius 1 is 0.417 bits per heavy atom. The van der Waals surface area contributed by atoms with E-state index in [0.29, 0.717) is 0 Å². The van der Waals surface area contributed by atoms with E-state index in [-0.39, 0.29) is 10.8 Å². The lowest BCUT2D eigenvalue weighted by atomic mass is 9.85. The third kappa shape index (κ3) is 6.51. The molecule has 24 heavy (non-hydrogen) atoms. The van der Waals surface area contributed by atoms with Crippen molar-refractivity contribution in [3.8, 4) is 0 Å². The van der Waals surface area contributed by atoms with E-state index >= 15 is 0 Å². The SMILES string of the molecule is Cc1cc(C)cc(C(C)(C)C)c1.Cc1cc(C)cc(C(C)(C)C)c1. The lowest BCUT2D eigenvalue weighted by Gasteiger charge is -2.20. The zero-order valence-corrected chi connectivity index (χ0v) is 17.5. The van der Waals surface area contributed by atoms with E-state index in [4.69, 9.17) is 0 Å². The van der Waals surface area contributed by atoms with Gasteiger partial charge in [-0.3, -0.25) is 0 Å². The summed E-state index contributed by atoms with van der Waals surface area (Å²) < 4.78 is 0. The van der Waals surface area contributed by atoms with Gasteiger partial charge in [0.1, 0.15) is 0 Å². The van der Waals surface area contributed by atoms with Gasteiger partial charge >= 0.3 is 0 Å². The smallest absolute Gasteiger partial charge is 0.0132 e. The third-order valence-corrected chi connectivity index (χ3v) is 4.18. The highest BCUT2D eigenvalue weighted by atomic mass is 14.2. The fourth-order valence-electron chi connectivity index (χ4n) is 2.82. The van der Waals surface area contributed by atoms with Crippen LogP contribution in [0.5, 0.6) is 0 Å². The molecule has 0 aliphatic carbocycles. The van der Waals surface area contributed by atoms with Gasteiger partial charge in [0.05, 0.1) is 0 Å². The number of hydrogen-bond donors (Lipinski definition) is 0. The average Bonchev–Trinajstić information content (AvgIpc) is 2.35. The summed E-state index contributed by atoms with van der Waals surface area (Å²) in [5.41, 5.74) is 8.85. The van der Waals surface area contributed by atoms with E-state index in [2.05, 4.69) is 106 Å². The van der Waals surface area contributed by atoms with Crippen molar-refractivity contribution in [1.29, 1.82) is 0 Å². The zero-order valence-electron chi connectivity index (χ0n) is 17.5. The normalized spacial score (nSPS) is 11.8. The molecule has 0 heterocycles. The molecule has 0 N–H and O–H groups in total. The molecule has 0 aliphatic heterocycles. The van der Waals surface area contributed by atoms with Crippen LogP contribution in [0.2, 0.25) is 0 Å². The summed E-state index contributed by atoms with van der Waals surface area (Å²) in [5, 5.41) is 0. The minimum Gasteiger partial charge on any atom is -0.0564 e. The second-order valence-corrected chi connectivity index (χ2v) is 9.25. The largest absolute Gasteiger partial charge is 0.0564 e. The van der Waals surface area contributed by atoms with Crippen molar-refractivity contribution >= 4 is 0 Å². The molecule has 2 rings (SSSR count). The molecule has 0 aromatic heterocycles. The van der Waals surface area contributed by atoms with E-state index in [1.165, 1.54) is 33.4 Å². The maximum atomic E-state index is 2.27. The molecule has 0 heteroatoms. The molecule has 2 aromatic carbocycles. The highest BCUT2D eigenvalue weighted by Crippen LogP contribution is 2.24. The van der Waals surface area contributed by atoms with Gasteiger partial charge in [-0.25, -0.2) is 0 Å². The molecule has 0 saturated carbocycles. The van der Waals surface area contributed by atoms with Crippen molar-refractivity contribution in [3.63, 3.8) is 0 Å². The lowest BCUT2D eigenvalue weighted by molar-refractivity contribution is 0.589. The lowest BCUT2D eigenvalue weighted by Crippen LogP contribution is -2.11.